The van der Waals surface area contributed by atoms with Crippen LogP contribution >= 0.6 is 0 Å². The molecule has 186 valence electrons. The number of rotatable bonds is 11. The van der Waals surface area contributed by atoms with Crippen molar-refractivity contribution in [3.05, 3.63) is 93.2 Å². The third-order valence-corrected chi connectivity index (χ3v) is 5.74. The first kappa shape index (κ1) is 24.6. The number of nitroso groups, excluding NO2 is 1. The number of imidazole rings is 1. The van der Waals surface area contributed by atoms with E-state index >= 15 is 0 Å². The molecular formula is C25H28N8O3. The van der Waals surface area contributed by atoms with Gasteiger partial charge in [-0.05, 0) is 60.5 Å². The summed E-state index contributed by atoms with van der Waals surface area (Å²) in [6, 6.07) is 20.1. The average molecular weight is 489 g/mol. The number of anilines is 2. The van der Waals surface area contributed by atoms with Crippen LogP contribution in [0.1, 0.15) is 18.1 Å². The van der Waals surface area contributed by atoms with Gasteiger partial charge in [-0.2, -0.15) is 15.1 Å². The van der Waals surface area contributed by atoms with E-state index < -0.39 is 12.1 Å². The second-order valence-corrected chi connectivity index (χ2v) is 8.44. The molecule has 0 saturated carbocycles. The third kappa shape index (κ3) is 6.13. The van der Waals surface area contributed by atoms with Gasteiger partial charge in [0.15, 0.2) is 0 Å². The summed E-state index contributed by atoms with van der Waals surface area (Å²) in [7, 11) is 0. The number of fused-ring (bicyclic) bond motifs is 1. The zero-order valence-corrected chi connectivity index (χ0v) is 19.8. The van der Waals surface area contributed by atoms with E-state index in [0.29, 0.717) is 29.8 Å². The molecule has 3 aromatic carbocycles. The molecule has 4 aromatic rings. The van der Waals surface area contributed by atoms with Crippen LogP contribution in [0.3, 0.4) is 0 Å². The van der Waals surface area contributed by atoms with Crippen molar-refractivity contribution in [2.24, 2.45) is 15.4 Å². The number of nitrogen functional groups attached to an aromatic ring is 1. The third-order valence-electron chi connectivity index (χ3n) is 5.74. The number of aromatic nitrogens is 2. The Bertz CT molecular complexity index is 1390. The van der Waals surface area contributed by atoms with Crippen molar-refractivity contribution in [2.75, 3.05) is 23.0 Å². The zero-order chi connectivity index (χ0) is 25.5. The summed E-state index contributed by atoms with van der Waals surface area (Å²) >= 11 is 0. The number of hydrogen-bond acceptors (Lipinski definition) is 9. The van der Waals surface area contributed by atoms with Gasteiger partial charge in [0.25, 0.3) is 0 Å². The Morgan fingerprint density at radius 2 is 1.69 bits per heavy atom. The molecule has 0 amide bonds. The molecule has 0 saturated heterocycles. The van der Waals surface area contributed by atoms with Crippen molar-refractivity contribution in [3.8, 4) is 0 Å². The smallest absolute Gasteiger partial charge is 0.344 e. The van der Waals surface area contributed by atoms with Gasteiger partial charge < -0.3 is 26.6 Å². The Hall–Kier alpha value is -4.51. The normalized spacial score (nSPS) is 13.1. The van der Waals surface area contributed by atoms with Crippen molar-refractivity contribution in [1.82, 2.24) is 9.66 Å². The maximum absolute atomic E-state index is 11.7. The highest BCUT2D eigenvalue weighted by Gasteiger charge is 2.14. The van der Waals surface area contributed by atoms with Crippen LogP contribution in [-0.4, -0.2) is 33.5 Å². The number of aliphatic hydroxyl groups is 1. The van der Waals surface area contributed by atoms with Gasteiger partial charge in [0.1, 0.15) is 12.6 Å². The minimum Gasteiger partial charge on any atom is -0.391 e. The molecule has 11 nitrogen and oxygen atoms in total. The summed E-state index contributed by atoms with van der Waals surface area (Å²) in [5, 5.41) is 28.2. The van der Waals surface area contributed by atoms with Crippen molar-refractivity contribution in [1.29, 1.82) is 0 Å². The molecule has 36 heavy (non-hydrogen) atoms. The number of benzene rings is 3. The van der Waals surface area contributed by atoms with Gasteiger partial charge in [-0.1, -0.05) is 29.4 Å². The van der Waals surface area contributed by atoms with E-state index in [9.17, 15) is 14.8 Å². The minimum absolute atomic E-state index is 0.170. The quantitative estimate of drug-likeness (QED) is 0.122. The van der Waals surface area contributed by atoms with Gasteiger partial charge in [0, 0.05) is 24.5 Å². The Kier molecular flexibility index (Phi) is 7.71. The Balaban J connectivity index is 1.32. The second kappa shape index (κ2) is 11.3. The fraction of sp³-hybridized carbons (Fsp3) is 0.240. The molecule has 0 spiro atoms. The van der Waals surface area contributed by atoms with Crippen molar-refractivity contribution in [3.63, 3.8) is 0 Å². The van der Waals surface area contributed by atoms with Gasteiger partial charge in [-0.15, -0.1) is 0 Å². The molecule has 0 aliphatic rings. The molecule has 11 heteroatoms. The lowest BCUT2D eigenvalue weighted by Crippen LogP contribution is -2.28. The van der Waals surface area contributed by atoms with E-state index in [0.717, 1.165) is 27.2 Å². The molecule has 0 bridgehead atoms. The van der Waals surface area contributed by atoms with Crippen LogP contribution in [0.15, 0.2) is 86.9 Å². The molecule has 0 aliphatic heterocycles. The fourth-order valence-corrected chi connectivity index (χ4v) is 3.60. The van der Waals surface area contributed by atoms with E-state index in [-0.39, 0.29) is 12.2 Å². The number of aromatic amines is 1. The summed E-state index contributed by atoms with van der Waals surface area (Å²) in [6.07, 6.45) is -0.716. The standard InChI is InChI=1S/C25H28N8O3/c1-16(34)23(15-28-21-10-11-24-22(12-21)30-25(35)33(24)26)32-31-20-8-4-17(5-9-20)13-27-19-6-2-18(3-7-19)14-29-36/h2-12,16,23,27-28,34H,13-15,26H2,1H3,(H,30,35). The topological polar surface area (TPSA) is 162 Å². The highest BCUT2D eigenvalue weighted by atomic mass is 16.3. The molecular weight excluding hydrogens is 460 g/mol. The maximum Gasteiger partial charge on any atom is 0.344 e. The number of nitrogens with one attached hydrogen (secondary N) is 3. The van der Waals surface area contributed by atoms with E-state index in [4.69, 9.17) is 5.84 Å². The lowest BCUT2D eigenvalue weighted by atomic mass is 10.2. The summed E-state index contributed by atoms with van der Waals surface area (Å²) in [5.41, 5.74) is 5.16. The van der Waals surface area contributed by atoms with E-state index in [1.54, 1.807) is 25.1 Å². The van der Waals surface area contributed by atoms with Crippen molar-refractivity contribution in [2.45, 2.75) is 32.2 Å². The molecule has 6 N–H and O–H groups in total. The molecule has 0 fully saturated rings. The van der Waals surface area contributed by atoms with Crippen molar-refractivity contribution < 1.29 is 5.11 Å². The van der Waals surface area contributed by atoms with E-state index in [1.165, 1.54) is 0 Å². The van der Waals surface area contributed by atoms with Crippen molar-refractivity contribution >= 4 is 28.1 Å². The van der Waals surface area contributed by atoms with Crippen LogP contribution < -0.4 is 22.2 Å². The number of hydrogen-bond donors (Lipinski definition) is 5. The summed E-state index contributed by atoms with van der Waals surface area (Å²) in [5.74, 6) is 5.69. The lowest BCUT2D eigenvalue weighted by Gasteiger charge is -2.16. The van der Waals surface area contributed by atoms with E-state index in [1.807, 2.05) is 48.5 Å². The van der Waals surface area contributed by atoms with Crippen LogP contribution in [-0.2, 0) is 13.1 Å². The van der Waals surface area contributed by atoms with E-state index in [2.05, 4.69) is 31.0 Å². The molecule has 0 aliphatic carbocycles. The first-order valence-electron chi connectivity index (χ1n) is 11.5. The highest BCUT2D eigenvalue weighted by Crippen LogP contribution is 2.19. The van der Waals surface area contributed by atoms with Gasteiger partial charge in [-0.25, -0.2) is 9.47 Å². The van der Waals surface area contributed by atoms with Gasteiger partial charge >= 0.3 is 5.69 Å². The molecule has 2 atom stereocenters. The average Bonchev–Trinajstić information content (AvgIpc) is 3.16. The second-order valence-electron chi connectivity index (χ2n) is 8.44. The number of nitrogens with two attached hydrogens (primary N) is 1. The highest BCUT2D eigenvalue weighted by molar-refractivity contribution is 5.79. The lowest BCUT2D eigenvalue weighted by molar-refractivity contribution is 0.166. The Morgan fingerprint density at radius 1 is 1.00 bits per heavy atom. The first-order valence-corrected chi connectivity index (χ1v) is 11.5. The van der Waals surface area contributed by atoms with Crippen LogP contribution in [0.25, 0.3) is 11.0 Å². The maximum atomic E-state index is 11.7. The van der Waals surface area contributed by atoms with Crippen LogP contribution in [0.2, 0.25) is 0 Å². The number of H-pyrrole nitrogens is 1. The predicted octanol–water partition coefficient (Wildman–Crippen LogP) is 3.87. The molecule has 1 heterocycles. The molecule has 0 radical (unpaired) electrons. The van der Waals surface area contributed by atoms with Crippen LogP contribution in [0, 0.1) is 4.91 Å². The number of aliphatic hydroxyl groups excluding tert-OH is 1. The van der Waals surface area contributed by atoms with Crippen LogP contribution in [0.5, 0.6) is 0 Å². The van der Waals surface area contributed by atoms with Gasteiger partial charge in [0.05, 0.1) is 22.8 Å². The van der Waals surface area contributed by atoms with Crippen LogP contribution in [0.4, 0.5) is 17.1 Å². The number of nitrogens with zero attached hydrogens (tertiary/aromatic N) is 4. The molecule has 4 rings (SSSR count). The summed E-state index contributed by atoms with van der Waals surface area (Å²) in [4.78, 5) is 24.7. The monoisotopic (exact) mass is 488 g/mol. The molecule has 2 unspecified atom stereocenters. The van der Waals surface area contributed by atoms with Gasteiger partial charge in [0.2, 0.25) is 0 Å². The summed E-state index contributed by atoms with van der Waals surface area (Å²) < 4.78 is 1.05. The number of azo groups is 1. The minimum atomic E-state index is -0.716. The van der Waals surface area contributed by atoms with Gasteiger partial charge in [-0.3, -0.25) is 0 Å². The Labute approximate surface area is 207 Å². The summed E-state index contributed by atoms with van der Waals surface area (Å²) in [6.45, 7) is 2.82. The first-order chi connectivity index (χ1) is 17.4. The Morgan fingerprint density at radius 3 is 2.39 bits per heavy atom. The zero-order valence-electron chi connectivity index (χ0n) is 19.8. The SMILES string of the molecule is CC(O)C(CNc1ccc2c(c1)[nH]c(=O)n2N)N=Nc1ccc(CNc2ccc(CN=O)cc2)cc1. The fourth-order valence-electron chi connectivity index (χ4n) is 3.60. The predicted molar refractivity (Wildman–Crippen MR) is 141 cm³/mol. The molecule has 1 aromatic heterocycles. The largest absolute Gasteiger partial charge is 0.391 e.